The van der Waals surface area contributed by atoms with Crippen LogP contribution >= 0.6 is 0 Å². The predicted molar refractivity (Wildman–Crippen MR) is 61.8 cm³/mol. The van der Waals surface area contributed by atoms with Crippen molar-refractivity contribution in [2.24, 2.45) is 17.1 Å². The molecule has 2 fully saturated rings. The van der Waals surface area contributed by atoms with Gasteiger partial charge in [-0.15, -0.1) is 0 Å². The molecule has 2 heterocycles. The topological polar surface area (TPSA) is 38.5 Å². The van der Waals surface area contributed by atoms with Gasteiger partial charge < -0.3 is 15.4 Å². The number of piperidine rings is 1. The van der Waals surface area contributed by atoms with Gasteiger partial charge in [0.15, 0.2) is 0 Å². The van der Waals surface area contributed by atoms with Crippen LogP contribution in [0.4, 0.5) is 0 Å². The molecular formula is C12H24N2O. The maximum atomic E-state index is 5.62. The van der Waals surface area contributed by atoms with E-state index in [1.54, 1.807) is 0 Å². The van der Waals surface area contributed by atoms with E-state index in [1.165, 1.54) is 32.4 Å². The molecule has 2 N–H and O–H groups in total. The van der Waals surface area contributed by atoms with Crippen LogP contribution in [0.3, 0.4) is 0 Å². The molecule has 0 bridgehead atoms. The standard InChI is InChI=1S/C12H24N2O/c1-14-7-2-4-11(8-14)12(5-3-6-13)9-15-10-12/h11H,2-10,13H2,1H3. The van der Waals surface area contributed by atoms with Gasteiger partial charge in [0.1, 0.15) is 0 Å². The molecule has 0 aromatic heterocycles. The zero-order valence-electron chi connectivity index (χ0n) is 9.87. The van der Waals surface area contributed by atoms with Gasteiger partial charge >= 0.3 is 0 Å². The van der Waals surface area contributed by atoms with Crippen LogP contribution in [0, 0.1) is 11.3 Å². The molecule has 0 aromatic rings. The van der Waals surface area contributed by atoms with Gasteiger partial charge in [-0.1, -0.05) is 0 Å². The van der Waals surface area contributed by atoms with Crippen molar-refractivity contribution in [2.75, 3.05) is 39.9 Å². The summed E-state index contributed by atoms with van der Waals surface area (Å²) in [6, 6.07) is 0. The Morgan fingerprint density at radius 3 is 2.80 bits per heavy atom. The number of hydrogen-bond acceptors (Lipinski definition) is 3. The van der Waals surface area contributed by atoms with Gasteiger partial charge in [-0.25, -0.2) is 0 Å². The fraction of sp³-hybridized carbons (Fsp3) is 1.00. The highest BCUT2D eigenvalue weighted by molar-refractivity contribution is 4.94. The molecule has 0 aromatic carbocycles. The molecule has 1 unspecified atom stereocenters. The molecule has 0 aliphatic carbocycles. The van der Waals surface area contributed by atoms with Crippen molar-refractivity contribution >= 4 is 0 Å². The minimum atomic E-state index is 0.480. The molecule has 3 nitrogen and oxygen atoms in total. The van der Waals surface area contributed by atoms with Crippen LogP contribution in [-0.4, -0.2) is 44.8 Å². The first-order valence-electron chi connectivity index (χ1n) is 6.23. The second-order valence-electron chi connectivity index (χ2n) is 5.35. The average Bonchev–Trinajstić information content (AvgIpc) is 2.16. The van der Waals surface area contributed by atoms with Gasteiger partial charge in [0, 0.05) is 12.0 Å². The summed E-state index contributed by atoms with van der Waals surface area (Å²) in [6.07, 6.45) is 5.16. The van der Waals surface area contributed by atoms with Crippen LogP contribution in [0.2, 0.25) is 0 Å². The molecule has 2 rings (SSSR count). The first kappa shape index (κ1) is 11.4. The highest BCUT2D eigenvalue weighted by Gasteiger charge is 2.45. The Balaban J connectivity index is 1.92. The van der Waals surface area contributed by atoms with Gasteiger partial charge in [0.2, 0.25) is 0 Å². The van der Waals surface area contributed by atoms with Gasteiger partial charge in [-0.05, 0) is 51.7 Å². The highest BCUT2D eigenvalue weighted by Crippen LogP contribution is 2.43. The second kappa shape index (κ2) is 4.81. The summed E-state index contributed by atoms with van der Waals surface area (Å²) in [5.41, 5.74) is 6.10. The number of ether oxygens (including phenoxy) is 1. The van der Waals surface area contributed by atoms with Crippen molar-refractivity contribution < 1.29 is 4.74 Å². The Morgan fingerprint density at radius 2 is 2.27 bits per heavy atom. The normalized spacial score (nSPS) is 31.2. The summed E-state index contributed by atoms with van der Waals surface area (Å²) in [5, 5.41) is 0. The Morgan fingerprint density at radius 1 is 1.47 bits per heavy atom. The number of likely N-dealkylation sites (tertiary alicyclic amines) is 1. The summed E-state index contributed by atoms with van der Waals surface area (Å²) in [5.74, 6) is 0.844. The van der Waals surface area contributed by atoms with Crippen LogP contribution in [-0.2, 0) is 4.74 Å². The molecule has 0 saturated carbocycles. The summed E-state index contributed by atoms with van der Waals surface area (Å²) in [6.45, 7) is 5.31. The Hall–Kier alpha value is -0.120. The number of nitrogens with two attached hydrogens (primary N) is 1. The Labute approximate surface area is 93.0 Å². The van der Waals surface area contributed by atoms with Crippen molar-refractivity contribution in [3.8, 4) is 0 Å². The average molecular weight is 212 g/mol. The van der Waals surface area contributed by atoms with Crippen LogP contribution in [0.1, 0.15) is 25.7 Å². The largest absolute Gasteiger partial charge is 0.380 e. The fourth-order valence-corrected chi connectivity index (χ4v) is 3.07. The lowest BCUT2D eigenvalue weighted by Crippen LogP contribution is -2.53. The minimum absolute atomic E-state index is 0.480. The highest BCUT2D eigenvalue weighted by atomic mass is 16.5. The van der Waals surface area contributed by atoms with E-state index in [1.807, 2.05) is 0 Å². The van der Waals surface area contributed by atoms with Crippen molar-refractivity contribution in [3.05, 3.63) is 0 Å². The summed E-state index contributed by atoms with van der Waals surface area (Å²) in [7, 11) is 2.24. The third-order valence-corrected chi connectivity index (χ3v) is 4.15. The quantitative estimate of drug-likeness (QED) is 0.758. The lowest BCUT2D eigenvalue weighted by molar-refractivity contribution is -0.160. The predicted octanol–water partition coefficient (Wildman–Crippen LogP) is 1.08. The first-order chi connectivity index (χ1) is 7.27. The van der Waals surface area contributed by atoms with E-state index in [0.29, 0.717) is 5.41 Å². The Kier molecular flexibility index (Phi) is 3.65. The van der Waals surface area contributed by atoms with Crippen molar-refractivity contribution in [1.82, 2.24) is 4.90 Å². The van der Waals surface area contributed by atoms with Crippen LogP contribution in [0.5, 0.6) is 0 Å². The molecular weight excluding hydrogens is 188 g/mol. The van der Waals surface area contributed by atoms with Crippen molar-refractivity contribution in [2.45, 2.75) is 25.7 Å². The van der Waals surface area contributed by atoms with Gasteiger partial charge in [0.25, 0.3) is 0 Å². The van der Waals surface area contributed by atoms with Crippen molar-refractivity contribution in [3.63, 3.8) is 0 Å². The first-order valence-corrected chi connectivity index (χ1v) is 6.23. The minimum Gasteiger partial charge on any atom is -0.380 e. The molecule has 2 aliphatic rings. The molecule has 2 aliphatic heterocycles. The summed E-state index contributed by atoms with van der Waals surface area (Å²) < 4.78 is 5.46. The van der Waals surface area contributed by atoms with E-state index in [4.69, 9.17) is 10.5 Å². The van der Waals surface area contributed by atoms with E-state index in [-0.39, 0.29) is 0 Å². The zero-order chi connectivity index (χ0) is 10.7. The van der Waals surface area contributed by atoms with E-state index in [0.717, 1.165) is 32.1 Å². The fourth-order valence-electron chi connectivity index (χ4n) is 3.07. The zero-order valence-corrected chi connectivity index (χ0v) is 9.87. The van der Waals surface area contributed by atoms with Crippen molar-refractivity contribution in [1.29, 1.82) is 0 Å². The molecule has 0 radical (unpaired) electrons. The van der Waals surface area contributed by atoms with Gasteiger partial charge in [-0.3, -0.25) is 0 Å². The monoisotopic (exact) mass is 212 g/mol. The maximum Gasteiger partial charge on any atom is 0.0547 e. The van der Waals surface area contributed by atoms with Gasteiger partial charge in [-0.2, -0.15) is 0 Å². The Bertz CT molecular complexity index is 204. The molecule has 2 saturated heterocycles. The SMILES string of the molecule is CN1CCCC(C2(CCCN)COC2)C1. The van der Waals surface area contributed by atoms with Crippen LogP contribution in [0.15, 0.2) is 0 Å². The van der Waals surface area contributed by atoms with E-state index in [9.17, 15) is 0 Å². The number of hydrogen-bond donors (Lipinski definition) is 1. The summed E-state index contributed by atoms with van der Waals surface area (Å²) in [4.78, 5) is 2.47. The second-order valence-corrected chi connectivity index (χ2v) is 5.35. The van der Waals surface area contributed by atoms with Crippen LogP contribution in [0.25, 0.3) is 0 Å². The molecule has 1 atom stereocenters. The number of rotatable bonds is 4. The molecule has 0 spiro atoms. The van der Waals surface area contributed by atoms with Crippen LogP contribution < -0.4 is 5.73 Å². The third kappa shape index (κ3) is 2.35. The summed E-state index contributed by atoms with van der Waals surface area (Å²) >= 11 is 0. The van der Waals surface area contributed by atoms with E-state index >= 15 is 0 Å². The molecule has 3 heteroatoms. The van der Waals surface area contributed by atoms with E-state index < -0.39 is 0 Å². The molecule has 15 heavy (non-hydrogen) atoms. The lowest BCUT2D eigenvalue weighted by Gasteiger charge is -2.50. The molecule has 88 valence electrons. The third-order valence-electron chi connectivity index (χ3n) is 4.15. The number of nitrogens with zero attached hydrogens (tertiary/aromatic N) is 1. The van der Waals surface area contributed by atoms with E-state index in [2.05, 4.69) is 11.9 Å². The molecule has 0 amide bonds. The lowest BCUT2D eigenvalue weighted by atomic mass is 9.67. The smallest absolute Gasteiger partial charge is 0.0547 e. The maximum absolute atomic E-state index is 5.62. The van der Waals surface area contributed by atoms with Gasteiger partial charge in [0.05, 0.1) is 13.2 Å².